The Kier molecular flexibility index (Phi) is 8.99. The van der Waals surface area contributed by atoms with Gasteiger partial charge in [0.15, 0.2) is 15.9 Å². The lowest BCUT2D eigenvalue weighted by atomic mass is 9.86. The number of sulfone groups is 1. The predicted octanol–water partition coefficient (Wildman–Crippen LogP) is 3.91. The van der Waals surface area contributed by atoms with E-state index in [9.17, 15) is 36.6 Å². The van der Waals surface area contributed by atoms with E-state index in [0.717, 1.165) is 73.2 Å². The van der Waals surface area contributed by atoms with Gasteiger partial charge in [-0.3, -0.25) is 4.79 Å². The number of hydrogen-bond acceptors (Lipinski definition) is 5. The monoisotopic (exact) mass is 583 g/mol. The van der Waals surface area contributed by atoms with E-state index in [1.807, 2.05) is 6.07 Å². The molecule has 4 atom stereocenters. The van der Waals surface area contributed by atoms with E-state index >= 15 is 0 Å². The van der Waals surface area contributed by atoms with Gasteiger partial charge in [0.2, 0.25) is 0 Å². The maximum absolute atomic E-state index is 13.1. The van der Waals surface area contributed by atoms with Crippen LogP contribution < -0.4 is 5.32 Å². The van der Waals surface area contributed by atoms with E-state index in [0.29, 0.717) is 12.5 Å². The standard InChI is InChI=1S/C29H37F3N2O5S/c1-19(40(38,39)23-10-7-9-22(17-23)29(30,31)32)26(35)27(36)28(37)33-25-11-6-8-21-16-20(12-13-24(21)25)18-34(2)14-4-3-5-15-34/h7,9-10,12-13,16-17,19,25-27,35-36H,3-6,8,11,14-15,18H2,1-2H3/p+1/t19-,25-,26+,27+/m1/s1. The lowest BCUT2D eigenvalue weighted by Crippen LogP contribution is -2.49. The largest absolute Gasteiger partial charge is 0.416 e. The second-order valence-electron chi connectivity index (χ2n) is 11.5. The molecule has 11 heteroatoms. The zero-order valence-electron chi connectivity index (χ0n) is 22.8. The Labute approximate surface area is 233 Å². The number of carbonyl (C=O) groups excluding carboxylic acids is 1. The van der Waals surface area contributed by atoms with Crippen LogP contribution in [0.5, 0.6) is 0 Å². The Bertz CT molecular complexity index is 1330. The van der Waals surface area contributed by atoms with Crippen LogP contribution >= 0.6 is 0 Å². The van der Waals surface area contributed by atoms with Crippen molar-refractivity contribution >= 4 is 15.7 Å². The van der Waals surface area contributed by atoms with Crippen molar-refractivity contribution in [2.24, 2.45) is 0 Å². The maximum Gasteiger partial charge on any atom is 0.416 e. The molecule has 1 fully saturated rings. The zero-order valence-corrected chi connectivity index (χ0v) is 23.6. The molecule has 2 aliphatic rings. The number of carbonyl (C=O) groups is 1. The number of piperidine rings is 1. The summed E-state index contributed by atoms with van der Waals surface area (Å²) in [6, 6.07) is 8.99. The quantitative estimate of drug-likeness (QED) is 0.409. The summed E-state index contributed by atoms with van der Waals surface area (Å²) in [5.41, 5.74) is 2.13. The Hall–Kier alpha value is -2.47. The van der Waals surface area contributed by atoms with Crippen LogP contribution in [0, 0.1) is 0 Å². The zero-order chi connectivity index (χ0) is 29.3. The van der Waals surface area contributed by atoms with Crippen LogP contribution in [-0.2, 0) is 33.8 Å². The van der Waals surface area contributed by atoms with Gasteiger partial charge in [0.05, 0.1) is 41.9 Å². The smallest absolute Gasteiger partial charge is 0.388 e. The molecule has 2 aromatic carbocycles. The Morgan fingerprint density at radius 3 is 2.45 bits per heavy atom. The number of fused-ring (bicyclic) bond motifs is 1. The minimum atomic E-state index is -4.75. The van der Waals surface area contributed by atoms with Crippen LogP contribution in [0.25, 0.3) is 0 Å². The third-order valence-electron chi connectivity index (χ3n) is 8.35. The molecule has 1 aliphatic carbocycles. The van der Waals surface area contributed by atoms with E-state index in [2.05, 4.69) is 24.5 Å². The van der Waals surface area contributed by atoms with Crippen LogP contribution in [0.2, 0.25) is 0 Å². The molecule has 40 heavy (non-hydrogen) atoms. The Morgan fingerprint density at radius 1 is 1.07 bits per heavy atom. The van der Waals surface area contributed by atoms with Crippen molar-refractivity contribution in [3.8, 4) is 0 Å². The molecule has 220 valence electrons. The molecule has 0 aromatic heterocycles. The molecule has 0 unspecified atom stereocenters. The van der Waals surface area contributed by atoms with E-state index in [1.165, 1.54) is 24.8 Å². The molecule has 0 bridgehead atoms. The van der Waals surface area contributed by atoms with Crippen LogP contribution in [0.15, 0.2) is 47.4 Å². The van der Waals surface area contributed by atoms with Gasteiger partial charge in [-0.2, -0.15) is 13.2 Å². The summed E-state index contributed by atoms with van der Waals surface area (Å²) in [6.45, 7) is 4.29. The van der Waals surface area contributed by atoms with Gasteiger partial charge in [-0.1, -0.05) is 18.2 Å². The first kappa shape index (κ1) is 30.5. The van der Waals surface area contributed by atoms with E-state index in [-0.39, 0.29) is 0 Å². The molecule has 3 N–H and O–H groups in total. The number of amides is 1. The number of benzene rings is 2. The highest BCUT2D eigenvalue weighted by atomic mass is 32.2. The first-order chi connectivity index (χ1) is 18.7. The minimum Gasteiger partial charge on any atom is -0.388 e. The first-order valence-corrected chi connectivity index (χ1v) is 15.3. The highest BCUT2D eigenvalue weighted by Crippen LogP contribution is 2.33. The molecule has 4 rings (SSSR count). The van der Waals surface area contributed by atoms with Gasteiger partial charge in [-0.15, -0.1) is 0 Å². The number of aryl methyl sites for hydroxylation is 1. The second-order valence-corrected chi connectivity index (χ2v) is 13.8. The fourth-order valence-corrected chi connectivity index (χ4v) is 7.41. The van der Waals surface area contributed by atoms with Crippen molar-refractivity contribution in [3.05, 3.63) is 64.7 Å². The van der Waals surface area contributed by atoms with Gasteiger partial charge in [0.1, 0.15) is 12.6 Å². The molecule has 1 heterocycles. The molecular formula is C29H38F3N2O5S+. The molecular weight excluding hydrogens is 545 g/mol. The molecule has 1 amide bonds. The van der Waals surface area contributed by atoms with Gasteiger partial charge < -0.3 is 20.0 Å². The first-order valence-electron chi connectivity index (χ1n) is 13.7. The number of nitrogens with one attached hydrogen (secondary N) is 1. The second kappa shape index (κ2) is 11.8. The van der Waals surface area contributed by atoms with Crippen LogP contribution in [0.3, 0.4) is 0 Å². The molecule has 0 saturated carbocycles. The predicted molar refractivity (Wildman–Crippen MR) is 144 cm³/mol. The lowest BCUT2D eigenvalue weighted by molar-refractivity contribution is -0.926. The van der Waals surface area contributed by atoms with E-state index in [4.69, 9.17) is 0 Å². The number of quaternary nitrogens is 1. The van der Waals surface area contributed by atoms with Crippen LogP contribution in [-0.4, -0.2) is 66.6 Å². The molecule has 0 radical (unpaired) electrons. The number of halogens is 3. The summed E-state index contributed by atoms with van der Waals surface area (Å²) in [5.74, 6) is -0.938. The Morgan fingerprint density at radius 2 is 1.77 bits per heavy atom. The molecule has 0 spiro atoms. The Balaban J connectivity index is 1.44. The normalized spacial score (nSPS) is 21.6. The van der Waals surface area contributed by atoms with E-state index < -0.39 is 55.9 Å². The summed E-state index contributed by atoms with van der Waals surface area (Å²) in [6.07, 6.45) is -2.89. The number of aliphatic hydroxyl groups is 2. The summed E-state index contributed by atoms with van der Waals surface area (Å²) < 4.78 is 66.2. The molecule has 1 aliphatic heterocycles. The number of nitrogens with zero attached hydrogens (tertiary/aromatic N) is 1. The maximum atomic E-state index is 13.1. The van der Waals surface area contributed by atoms with Crippen molar-refractivity contribution in [3.63, 3.8) is 0 Å². The lowest BCUT2D eigenvalue weighted by Gasteiger charge is -2.38. The summed E-state index contributed by atoms with van der Waals surface area (Å²) >= 11 is 0. The summed E-state index contributed by atoms with van der Waals surface area (Å²) in [4.78, 5) is 12.3. The summed E-state index contributed by atoms with van der Waals surface area (Å²) in [7, 11) is -2.21. The topological polar surface area (TPSA) is 104 Å². The number of alkyl halides is 3. The van der Waals surface area contributed by atoms with Gasteiger partial charge >= 0.3 is 6.18 Å². The molecule has 1 saturated heterocycles. The van der Waals surface area contributed by atoms with Crippen molar-refractivity contribution in [2.45, 2.75) is 86.6 Å². The fraction of sp³-hybridized carbons (Fsp3) is 0.552. The van der Waals surface area contributed by atoms with Gasteiger partial charge in [-0.25, -0.2) is 8.42 Å². The number of hydrogen-bond donors (Lipinski definition) is 3. The minimum absolute atomic E-state index is 0.415. The van der Waals surface area contributed by atoms with Gasteiger partial charge in [0.25, 0.3) is 5.91 Å². The highest BCUT2D eigenvalue weighted by Gasteiger charge is 2.39. The van der Waals surface area contributed by atoms with Crippen LogP contribution in [0.1, 0.15) is 67.3 Å². The molecule has 7 nitrogen and oxygen atoms in total. The number of aliphatic hydroxyl groups excluding tert-OH is 2. The van der Waals surface area contributed by atoms with Gasteiger partial charge in [-0.05, 0) is 80.8 Å². The van der Waals surface area contributed by atoms with Crippen LogP contribution in [0.4, 0.5) is 13.2 Å². The van der Waals surface area contributed by atoms with Crippen molar-refractivity contribution in [1.29, 1.82) is 0 Å². The van der Waals surface area contributed by atoms with E-state index in [1.54, 1.807) is 0 Å². The third kappa shape index (κ3) is 6.70. The van der Waals surface area contributed by atoms with Crippen molar-refractivity contribution in [2.75, 3.05) is 20.1 Å². The average molecular weight is 584 g/mol. The average Bonchev–Trinajstić information content (AvgIpc) is 2.91. The SMILES string of the molecule is C[C@H]([C@H](O)[C@H](O)C(=O)N[C@@H]1CCCc2cc(C[N+]3(C)CCCCC3)ccc21)S(=O)(=O)c1cccc(C(F)(F)F)c1. The number of likely N-dealkylation sites (tertiary alicyclic amines) is 1. The summed E-state index contributed by atoms with van der Waals surface area (Å²) in [5, 5.41) is 22.2. The highest BCUT2D eigenvalue weighted by molar-refractivity contribution is 7.92. The van der Waals surface area contributed by atoms with Crippen molar-refractivity contribution in [1.82, 2.24) is 5.32 Å². The van der Waals surface area contributed by atoms with Gasteiger partial charge in [0, 0.05) is 5.56 Å². The number of rotatable bonds is 8. The molecule has 2 aromatic rings. The third-order valence-corrected chi connectivity index (χ3v) is 10.5. The van der Waals surface area contributed by atoms with Crippen molar-refractivity contribution < 1.29 is 41.1 Å². The fourth-order valence-electron chi connectivity index (χ4n) is 5.91.